The van der Waals surface area contributed by atoms with Gasteiger partial charge in [0, 0.05) is 86.6 Å². The zero-order valence-electron chi connectivity index (χ0n) is 71.8. The molecule has 0 fully saturated rings. The fourth-order valence-electron chi connectivity index (χ4n) is 20.9. The van der Waals surface area contributed by atoms with Crippen LogP contribution < -0.4 is 9.80 Å². The van der Waals surface area contributed by atoms with Crippen LogP contribution in [0, 0.1) is 0 Å². The summed E-state index contributed by atoms with van der Waals surface area (Å²) in [5.74, 6) is 0. The van der Waals surface area contributed by atoms with E-state index in [-0.39, 0.29) is 0 Å². The Morgan fingerprint density at radius 2 is 0.379 bits per heavy atom. The summed E-state index contributed by atoms with van der Waals surface area (Å²) in [5, 5.41) is 25.6. The molecular weight excluding hydrogens is 1630 g/mol. The Kier molecular flexibility index (Phi) is 18.3. The van der Waals surface area contributed by atoms with Crippen LogP contribution in [-0.2, 0) is 0 Å². The van der Waals surface area contributed by atoms with Gasteiger partial charge in [0.25, 0.3) is 0 Å². The maximum Gasteiger partial charge on any atom is 0.0640 e. The molecular formula is C126H80N4S2. The largest absolute Gasteiger partial charge is 0.309 e. The second kappa shape index (κ2) is 31.6. The van der Waals surface area contributed by atoms with E-state index < -0.39 is 0 Å². The fraction of sp³-hybridized carbons (Fsp3) is 0. The van der Waals surface area contributed by atoms with E-state index in [0.717, 1.165) is 28.4 Å². The van der Waals surface area contributed by atoms with E-state index in [1.807, 2.05) is 22.7 Å². The first-order valence-corrected chi connectivity index (χ1v) is 46.9. The first-order chi connectivity index (χ1) is 65.5. The lowest BCUT2D eigenvalue weighted by Crippen LogP contribution is -2.10. The van der Waals surface area contributed by atoms with Gasteiger partial charge >= 0.3 is 0 Å². The molecule has 0 bridgehead atoms. The van der Waals surface area contributed by atoms with Gasteiger partial charge in [-0.05, 0) is 272 Å². The van der Waals surface area contributed by atoms with E-state index in [4.69, 9.17) is 0 Å². The topological polar surface area (TPSA) is 16.3 Å². The highest BCUT2D eigenvalue weighted by molar-refractivity contribution is 7.27. The summed E-state index contributed by atoms with van der Waals surface area (Å²) in [4.78, 5) is 4.87. The van der Waals surface area contributed by atoms with Crippen molar-refractivity contribution in [2.24, 2.45) is 0 Å². The van der Waals surface area contributed by atoms with E-state index in [1.165, 1.54) is 221 Å². The molecule has 0 N–H and O–H groups in total. The predicted molar refractivity (Wildman–Crippen MR) is 569 cm³/mol. The average molecular weight is 1710 g/mol. The average Bonchev–Trinajstić information content (AvgIpc) is 1.67. The van der Waals surface area contributed by atoms with Gasteiger partial charge < -0.3 is 18.9 Å². The van der Waals surface area contributed by atoms with Crippen LogP contribution in [0.3, 0.4) is 0 Å². The highest BCUT2D eigenvalue weighted by atomic mass is 32.1. The minimum Gasteiger partial charge on any atom is -0.309 e. The number of benzene rings is 23. The molecule has 0 spiro atoms. The molecule has 4 nitrogen and oxygen atoms in total. The normalized spacial score (nSPS) is 11.8. The molecule has 6 heteroatoms. The third kappa shape index (κ3) is 12.9. The van der Waals surface area contributed by atoms with Crippen LogP contribution in [0.25, 0.3) is 216 Å². The second-order valence-corrected chi connectivity index (χ2v) is 36.6. The SMILES string of the molecule is c1ccc(-c2ccc3c(c2)c2cc(-c4ccc(N(c5ccc(-c6ccc7c8ccccc8c8ccccc8c7c6)cc5)c5cccc6c5sc5ccccc56)cc4)ccc2n3-c2ccccc2)cc1.c1ccc(-n2c3ccccc3c3cc(-c4ccc(N(c5ccc(-c6ccc7c8ccccc8c8ccccc8c7c6)cc5)c5cccc6c5sc5ccccc56)cc4)ccc32)cc1. The molecule has 23 aromatic carbocycles. The summed E-state index contributed by atoms with van der Waals surface area (Å²) in [5.41, 5.74) is 25.9. The number of hydrogen-bond acceptors (Lipinski definition) is 4. The smallest absolute Gasteiger partial charge is 0.0640 e. The van der Waals surface area contributed by atoms with Gasteiger partial charge in [0.05, 0.1) is 42.8 Å². The zero-order valence-corrected chi connectivity index (χ0v) is 73.4. The molecule has 27 rings (SSSR count). The van der Waals surface area contributed by atoms with E-state index in [0.29, 0.717) is 0 Å². The highest BCUT2D eigenvalue weighted by Crippen LogP contribution is 2.51. The van der Waals surface area contributed by atoms with Crippen LogP contribution in [0.1, 0.15) is 0 Å². The minimum absolute atomic E-state index is 1.11. The summed E-state index contributed by atoms with van der Waals surface area (Å²) in [6.07, 6.45) is 0. The summed E-state index contributed by atoms with van der Waals surface area (Å²) in [6.45, 7) is 0. The Balaban J connectivity index is 0.000000139. The number of fused-ring (bicyclic) bond motifs is 24. The lowest BCUT2D eigenvalue weighted by atomic mass is 9.92. The van der Waals surface area contributed by atoms with Gasteiger partial charge in [0.15, 0.2) is 0 Å². The van der Waals surface area contributed by atoms with Crippen LogP contribution >= 0.6 is 22.7 Å². The first kappa shape index (κ1) is 76.5. The Hall–Kier alpha value is -16.7. The van der Waals surface area contributed by atoms with Crippen molar-refractivity contribution in [1.82, 2.24) is 9.13 Å². The van der Waals surface area contributed by atoms with E-state index in [9.17, 15) is 0 Å². The van der Waals surface area contributed by atoms with Gasteiger partial charge in [-0.2, -0.15) is 0 Å². The molecule has 616 valence electrons. The summed E-state index contributed by atoms with van der Waals surface area (Å²) in [7, 11) is 0. The lowest BCUT2D eigenvalue weighted by Gasteiger charge is -2.26. The van der Waals surface area contributed by atoms with E-state index >= 15 is 0 Å². The van der Waals surface area contributed by atoms with Crippen LogP contribution in [0.15, 0.2) is 485 Å². The molecule has 0 radical (unpaired) electrons. The molecule has 4 heterocycles. The van der Waals surface area contributed by atoms with Gasteiger partial charge in [-0.1, -0.05) is 334 Å². The Labute approximate surface area is 770 Å². The molecule has 132 heavy (non-hydrogen) atoms. The number of para-hydroxylation sites is 3. The van der Waals surface area contributed by atoms with Gasteiger partial charge in [-0.15, -0.1) is 22.7 Å². The van der Waals surface area contributed by atoms with E-state index in [1.54, 1.807) is 0 Å². The van der Waals surface area contributed by atoms with Gasteiger partial charge in [0.2, 0.25) is 0 Å². The van der Waals surface area contributed by atoms with Gasteiger partial charge in [-0.3, -0.25) is 0 Å². The number of hydrogen-bond donors (Lipinski definition) is 0. The molecule has 4 aromatic heterocycles. The molecule has 0 unspecified atom stereocenters. The van der Waals surface area contributed by atoms with Crippen molar-refractivity contribution >= 4 is 205 Å². The molecule has 0 saturated carbocycles. The Morgan fingerprint density at radius 3 is 0.727 bits per heavy atom. The Morgan fingerprint density at radius 1 is 0.144 bits per heavy atom. The molecule has 0 saturated heterocycles. The van der Waals surface area contributed by atoms with Crippen molar-refractivity contribution in [3.63, 3.8) is 0 Å². The van der Waals surface area contributed by atoms with Crippen LogP contribution in [0.4, 0.5) is 34.1 Å². The summed E-state index contributed by atoms with van der Waals surface area (Å²) < 4.78 is 9.91. The summed E-state index contributed by atoms with van der Waals surface area (Å²) >= 11 is 3.73. The minimum atomic E-state index is 1.11. The number of rotatable bonds is 13. The van der Waals surface area contributed by atoms with Gasteiger partial charge in [0.1, 0.15) is 0 Å². The number of anilines is 6. The second-order valence-electron chi connectivity index (χ2n) is 34.5. The molecule has 27 aromatic rings. The maximum absolute atomic E-state index is 2.44. The monoisotopic (exact) mass is 1710 g/mol. The van der Waals surface area contributed by atoms with Crippen molar-refractivity contribution in [2.45, 2.75) is 0 Å². The van der Waals surface area contributed by atoms with Crippen LogP contribution in [0.2, 0.25) is 0 Å². The van der Waals surface area contributed by atoms with Gasteiger partial charge in [-0.25, -0.2) is 0 Å². The maximum atomic E-state index is 2.44. The molecule has 0 atom stereocenters. The highest BCUT2D eigenvalue weighted by Gasteiger charge is 2.25. The quantitative estimate of drug-likeness (QED) is 0.107. The van der Waals surface area contributed by atoms with Crippen molar-refractivity contribution in [1.29, 1.82) is 0 Å². The van der Waals surface area contributed by atoms with E-state index in [2.05, 4.69) is 504 Å². The molecule has 0 aliphatic rings. The standard InChI is InChI=1S/C66H42N2S.C60H38N2S/c1-3-14-43(15-4-1)47-31-38-62-60(41-47)61-42-48(32-39-63(61)68(62)49-16-5-2-6-17-49)45-28-35-51(36-29-45)67(64-24-13-23-58-57-22-11-12-25-65(57)69-66(58)64)50-33-26-44(27-34-50)46-30-37-56-54-20-8-7-18-52(54)53-19-9-10-21-55(53)59(56)40-46;1-2-13-43(14-3-1)62-56-22-10-8-19-51(56)55-38-42(30-36-57(55)62)40-27-33-45(34-28-40)61(58-23-12-21-53-52-20-9-11-24-59(52)63-60(53)58)44-31-25-39(26-32-44)41-29-35-50-48-17-5-4-15-46(48)47-16-6-7-18-49(47)54(50)37-41/h1-42H;1-38H. The van der Waals surface area contributed by atoms with Crippen molar-refractivity contribution in [2.75, 3.05) is 9.80 Å². The van der Waals surface area contributed by atoms with Crippen molar-refractivity contribution < 1.29 is 0 Å². The molecule has 0 aliphatic heterocycles. The zero-order chi connectivity index (χ0) is 86.9. The van der Waals surface area contributed by atoms with Crippen LogP contribution in [-0.4, -0.2) is 9.13 Å². The number of thiophene rings is 2. The molecule has 0 aliphatic carbocycles. The summed E-state index contributed by atoms with van der Waals surface area (Å²) in [6, 6.07) is 178. The fourth-order valence-corrected chi connectivity index (χ4v) is 23.3. The predicted octanol–water partition coefficient (Wildman–Crippen LogP) is 36.5. The first-order valence-electron chi connectivity index (χ1n) is 45.2. The lowest BCUT2D eigenvalue weighted by molar-refractivity contribution is 1.18. The number of aromatic nitrogens is 2. The van der Waals surface area contributed by atoms with Crippen molar-refractivity contribution in [3.05, 3.63) is 485 Å². The Bertz CT molecular complexity index is 9180. The van der Waals surface area contributed by atoms with Crippen LogP contribution in [0.5, 0.6) is 0 Å². The number of nitrogens with zero attached hydrogens (tertiary/aromatic N) is 4. The third-order valence-electron chi connectivity index (χ3n) is 27.1. The molecule has 0 amide bonds. The third-order valence-corrected chi connectivity index (χ3v) is 29.6. The van der Waals surface area contributed by atoms with Crippen molar-refractivity contribution in [3.8, 4) is 67.0 Å².